The van der Waals surface area contributed by atoms with Gasteiger partial charge in [0.05, 0.1) is 0 Å². The summed E-state index contributed by atoms with van der Waals surface area (Å²) in [6.07, 6.45) is 4.09. The molecule has 3 heteroatoms. The minimum Gasteiger partial charge on any atom is -0.396 e. The highest BCUT2D eigenvalue weighted by atomic mass is 32.2. The molecule has 0 rings (SSSR count). The second kappa shape index (κ2) is 6.68. The summed E-state index contributed by atoms with van der Waals surface area (Å²) in [5.74, 6) is 0. The third-order valence-corrected chi connectivity index (χ3v) is 3.47. The molecule has 0 aromatic heterocycles. The Hall–Kier alpha value is 0.270. The molecule has 13 heavy (non-hydrogen) atoms. The van der Waals surface area contributed by atoms with Gasteiger partial charge < -0.3 is 10.4 Å². The van der Waals surface area contributed by atoms with E-state index in [0.717, 1.165) is 19.4 Å². The molecule has 0 saturated heterocycles. The highest BCUT2D eigenvalue weighted by Gasteiger charge is 2.16. The Labute approximate surface area is 86.5 Å². The Bertz CT molecular complexity index is 128. The zero-order valence-electron chi connectivity index (χ0n) is 9.26. The van der Waals surface area contributed by atoms with Crippen molar-refractivity contribution in [2.24, 2.45) is 0 Å². The van der Waals surface area contributed by atoms with Crippen LogP contribution in [0, 0.1) is 0 Å². The van der Waals surface area contributed by atoms with E-state index < -0.39 is 0 Å². The van der Waals surface area contributed by atoms with Gasteiger partial charge in [-0.05, 0) is 39.9 Å². The lowest BCUT2D eigenvalue weighted by atomic mass is 10.1. The fraction of sp³-hybridized carbons (Fsp3) is 1.00. The van der Waals surface area contributed by atoms with Crippen LogP contribution < -0.4 is 5.32 Å². The van der Waals surface area contributed by atoms with Crippen LogP contribution in [0.25, 0.3) is 0 Å². The molecule has 0 aliphatic carbocycles. The monoisotopic (exact) mass is 205 g/mol. The Morgan fingerprint density at radius 2 is 2.08 bits per heavy atom. The standard InChI is InChI=1S/C10H23NOS/c1-9(6-5-7-12)11-8-10(2,3)13-4/h9,11-12H,5-8H2,1-4H3. The number of rotatable bonds is 7. The lowest BCUT2D eigenvalue weighted by Gasteiger charge is -2.25. The zero-order chi connectivity index (χ0) is 10.3. The summed E-state index contributed by atoms with van der Waals surface area (Å²) in [4.78, 5) is 0. The van der Waals surface area contributed by atoms with Gasteiger partial charge in [-0.2, -0.15) is 11.8 Å². The molecule has 1 atom stereocenters. The maximum Gasteiger partial charge on any atom is 0.0431 e. The number of hydrogen-bond acceptors (Lipinski definition) is 3. The highest BCUT2D eigenvalue weighted by molar-refractivity contribution is 7.99. The average molecular weight is 205 g/mol. The van der Waals surface area contributed by atoms with Crippen molar-refractivity contribution in [1.82, 2.24) is 5.32 Å². The van der Waals surface area contributed by atoms with E-state index in [1.54, 1.807) is 0 Å². The lowest BCUT2D eigenvalue weighted by Crippen LogP contribution is -2.37. The van der Waals surface area contributed by atoms with Crippen LogP contribution in [0.4, 0.5) is 0 Å². The molecule has 0 spiro atoms. The molecule has 0 radical (unpaired) electrons. The summed E-state index contributed by atoms with van der Waals surface area (Å²) in [5.41, 5.74) is 0. The zero-order valence-corrected chi connectivity index (χ0v) is 10.1. The van der Waals surface area contributed by atoms with Crippen LogP contribution in [-0.2, 0) is 0 Å². The summed E-state index contributed by atoms with van der Waals surface area (Å²) in [7, 11) is 0. The summed E-state index contributed by atoms with van der Waals surface area (Å²) >= 11 is 1.88. The second-order valence-corrected chi connectivity index (χ2v) is 5.63. The van der Waals surface area contributed by atoms with Crippen LogP contribution in [0.15, 0.2) is 0 Å². The van der Waals surface area contributed by atoms with Crippen molar-refractivity contribution in [3.63, 3.8) is 0 Å². The Kier molecular flexibility index (Phi) is 6.82. The van der Waals surface area contributed by atoms with Gasteiger partial charge in [0.15, 0.2) is 0 Å². The average Bonchev–Trinajstić information content (AvgIpc) is 2.11. The molecule has 0 aliphatic rings. The molecule has 0 bridgehead atoms. The van der Waals surface area contributed by atoms with E-state index in [2.05, 4.69) is 32.3 Å². The summed E-state index contributed by atoms with van der Waals surface area (Å²) in [5, 5.41) is 12.1. The quantitative estimate of drug-likeness (QED) is 0.665. The highest BCUT2D eigenvalue weighted by Crippen LogP contribution is 2.19. The van der Waals surface area contributed by atoms with Crippen LogP contribution >= 0.6 is 11.8 Å². The number of hydrogen-bond donors (Lipinski definition) is 2. The second-order valence-electron chi connectivity index (χ2n) is 4.11. The third kappa shape index (κ3) is 7.35. The van der Waals surface area contributed by atoms with Crippen molar-refractivity contribution in [3.05, 3.63) is 0 Å². The molecule has 2 nitrogen and oxygen atoms in total. The first-order valence-electron chi connectivity index (χ1n) is 4.91. The van der Waals surface area contributed by atoms with Crippen LogP contribution in [0.2, 0.25) is 0 Å². The number of aliphatic hydroxyl groups is 1. The minimum atomic E-state index is 0.304. The molecule has 0 aromatic rings. The molecule has 1 unspecified atom stereocenters. The lowest BCUT2D eigenvalue weighted by molar-refractivity contribution is 0.276. The molecule has 0 fully saturated rings. The van der Waals surface area contributed by atoms with E-state index in [9.17, 15) is 0 Å². The number of aliphatic hydroxyl groups excluding tert-OH is 1. The van der Waals surface area contributed by atoms with Crippen molar-refractivity contribution in [3.8, 4) is 0 Å². The van der Waals surface area contributed by atoms with Crippen molar-refractivity contribution in [1.29, 1.82) is 0 Å². The van der Waals surface area contributed by atoms with E-state index in [1.165, 1.54) is 0 Å². The van der Waals surface area contributed by atoms with Crippen LogP contribution in [-0.4, -0.2) is 35.3 Å². The predicted octanol–water partition coefficient (Wildman–Crippen LogP) is 1.88. The SMILES string of the molecule is CSC(C)(C)CNC(C)CCCO. The van der Waals surface area contributed by atoms with Gasteiger partial charge in [-0.1, -0.05) is 0 Å². The number of thioether (sulfide) groups is 1. The minimum absolute atomic E-state index is 0.304. The van der Waals surface area contributed by atoms with E-state index >= 15 is 0 Å². The van der Waals surface area contributed by atoms with E-state index in [-0.39, 0.29) is 0 Å². The largest absolute Gasteiger partial charge is 0.396 e. The van der Waals surface area contributed by atoms with Crippen LogP contribution in [0.1, 0.15) is 33.6 Å². The molecular formula is C10H23NOS. The fourth-order valence-electron chi connectivity index (χ4n) is 0.992. The Morgan fingerprint density at radius 1 is 1.46 bits per heavy atom. The van der Waals surface area contributed by atoms with Gasteiger partial charge in [-0.3, -0.25) is 0 Å². The van der Waals surface area contributed by atoms with Gasteiger partial charge in [0.2, 0.25) is 0 Å². The molecule has 0 heterocycles. The predicted molar refractivity (Wildman–Crippen MR) is 61.4 cm³/mol. The van der Waals surface area contributed by atoms with Gasteiger partial charge in [-0.25, -0.2) is 0 Å². The Balaban J connectivity index is 3.51. The van der Waals surface area contributed by atoms with Crippen molar-refractivity contribution >= 4 is 11.8 Å². The first kappa shape index (κ1) is 13.3. The smallest absolute Gasteiger partial charge is 0.0431 e. The molecule has 0 amide bonds. The van der Waals surface area contributed by atoms with Crippen molar-refractivity contribution in [2.45, 2.75) is 44.4 Å². The van der Waals surface area contributed by atoms with Crippen LogP contribution in [0.3, 0.4) is 0 Å². The van der Waals surface area contributed by atoms with E-state index in [4.69, 9.17) is 5.11 Å². The van der Waals surface area contributed by atoms with Gasteiger partial charge in [0.1, 0.15) is 0 Å². The van der Waals surface area contributed by atoms with E-state index in [0.29, 0.717) is 17.4 Å². The van der Waals surface area contributed by atoms with Gasteiger partial charge in [0.25, 0.3) is 0 Å². The van der Waals surface area contributed by atoms with Crippen molar-refractivity contribution in [2.75, 3.05) is 19.4 Å². The van der Waals surface area contributed by atoms with E-state index in [1.807, 2.05) is 11.8 Å². The summed E-state index contributed by atoms with van der Waals surface area (Å²) in [6, 6.07) is 0.513. The Morgan fingerprint density at radius 3 is 2.54 bits per heavy atom. The third-order valence-electron chi connectivity index (χ3n) is 2.22. The molecular weight excluding hydrogens is 182 g/mol. The molecule has 0 aromatic carbocycles. The molecule has 0 saturated carbocycles. The first-order chi connectivity index (χ1) is 6.02. The first-order valence-corrected chi connectivity index (χ1v) is 6.13. The normalized spacial score (nSPS) is 14.5. The van der Waals surface area contributed by atoms with Gasteiger partial charge >= 0.3 is 0 Å². The summed E-state index contributed by atoms with van der Waals surface area (Å²) in [6.45, 7) is 7.98. The van der Waals surface area contributed by atoms with Gasteiger partial charge in [0, 0.05) is 23.9 Å². The molecule has 80 valence electrons. The van der Waals surface area contributed by atoms with Crippen LogP contribution in [0.5, 0.6) is 0 Å². The fourth-order valence-corrected chi connectivity index (χ4v) is 1.22. The number of nitrogens with one attached hydrogen (secondary N) is 1. The molecule has 0 aliphatic heterocycles. The maximum absolute atomic E-state index is 8.66. The maximum atomic E-state index is 8.66. The topological polar surface area (TPSA) is 32.3 Å². The van der Waals surface area contributed by atoms with Crippen molar-refractivity contribution < 1.29 is 5.11 Å². The summed E-state index contributed by atoms with van der Waals surface area (Å²) < 4.78 is 0.313. The molecule has 2 N–H and O–H groups in total. The van der Waals surface area contributed by atoms with Gasteiger partial charge in [-0.15, -0.1) is 0 Å².